The number of nitrogens with zero attached hydrogens (tertiary/aromatic N) is 1. The van der Waals surface area contributed by atoms with E-state index in [1.165, 1.54) is 12.1 Å². The molecule has 1 amide bonds. The van der Waals surface area contributed by atoms with Crippen LogP contribution in [0.15, 0.2) is 53.7 Å². The van der Waals surface area contributed by atoms with Crippen LogP contribution >= 0.6 is 0 Å². The van der Waals surface area contributed by atoms with Gasteiger partial charge in [-0.15, -0.1) is 0 Å². The predicted molar refractivity (Wildman–Crippen MR) is 88.0 cm³/mol. The average molecular weight is 335 g/mol. The molecule has 0 spiro atoms. The molecule has 7 heteroatoms. The highest BCUT2D eigenvalue weighted by atomic mass is 32.2. The third-order valence-electron chi connectivity index (χ3n) is 3.55. The molecule has 0 bridgehead atoms. The number of aryl methyl sites for hydroxylation is 1. The van der Waals surface area contributed by atoms with Crippen LogP contribution < -0.4 is 10.5 Å². The van der Waals surface area contributed by atoms with Crippen molar-refractivity contribution < 1.29 is 13.2 Å². The molecule has 0 saturated heterocycles. The molecule has 2 aromatic rings. The zero-order chi connectivity index (χ0) is 16.9. The molecule has 0 aliphatic carbocycles. The van der Waals surface area contributed by atoms with Gasteiger partial charge >= 0.3 is 0 Å². The Morgan fingerprint density at radius 1 is 1.26 bits per heavy atom. The van der Waals surface area contributed by atoms with E-state index in [9.17, 15) is 13.2 Å². The zero-order valence-corrected chi connectivity index (χ0v) is 13.8. The van der Waals surface area contributed by atoms with Gasteiger partial charge in [-0.2, -0.15) is 0 Å². The number of benzene rings is 1. The summed E-state index contributed by atoms with van der Waals surface area (Å²) in [6, 6.07) is 9.91. The number of carbonyl (C=O) groups excluding carboxylic acids is 1. The molecule has 3 N–H and O–H groups in total. The molecule has 23 heavy (non-hydrogen) atoms. The first kappa shape index (κ1) is 17.2. The Hall–Kier alpha value is -2.12. The summed E-state index contributed by atoms with van der Waals surface area (Å²) in [7, 11) is -3.74. The van der Waals surface area contributed by atoms with Gasteiger partial charge in [-0.3, -0.25) is 4.79 Å². The summed E-state index contributed by atoms with van der Waals surface area (Å²) in [4.78, 5) is 12.0. The smallest absolute Gasteiger partial charge is 0.238 e. The topological polar surface area (TPSA) is 94.2 Å². The van der Waals surface area contributed by atoms with Crippen LogP contribution in [0.4, 0.5) is 0 Å². The van der Waals surface area contributed by atoms with E-state index < -0.39 is 10.0 Å². The van der Waals surface area contributed by atoms with E-state index in [0.717, 1.165) is 13.0 Å². The monoisotopic (exact) mass is 335 g/mol. The van der Waals surface area contributed by atoms with Crippen molar-refractivity contribution in [3.05, 3.63) is 54.4 Å². The number of sulfonamides is 1. The van der Waals surface area contributed by atoms with Crippen LogP contribution in [0, 0.1) is 0 Å². The quantitative estimate of drug-likeness (QED) is 0.807. The maximum absolute atomic E-state index is 12.0. The van der Waals surface area contributed by atoms with E-state index >= 15 is 0 Å². The van der Waals surface area contributed by atoms with Gasteiger partial charge in [0.05, 0.1) is 10.9 Å². The third kappa shape index (κ3) is 5.22. The van der Waals surface area contributed by atoms with E-state index in [0.29, 0.717) is 12.0 Å². The number of nitrogens with two attached hydrogens (primary N) is 1. The predicted octanol–water partition coefficient (Wildman–Crippen LogP) is 1.79. The second-order valence-corrected chi connectivity index (χ2v) is 6.99. The second-order valence-electron chi connectivity index (χ2n) is 5.43. The molecule has 0 radical (unpaired) electrons. The number of hydrogen-bond donors (Lipinski definition) is 2. The van der Waals surface area contributed by atoms with Crippen LogP contribution in [0.5, 0.6) is 0 Å². The van der Waals surface area contributed by atoms with Gasteiger partial charge in [0.15, 0.2) is 0 Å². The van der Waals surface area contributed by atoms with Gasteiger partial charge in [-0.25, -0.2) is 13.6 Å². The van der Waals surface area contributed by atoms with Crippen LogP contribution in [0.1, 0.15) is 31.4 Å². The lowest BCUT2D eigenvalue weighted by Gasteiger charge is -2.15. The largest absolute Gasteiger partial charge is 0.354 e. The van der Waals surface area contributed by atoms with E-state index in [2.05, 4.69) is 5.32 Å². The SMILES string of the molecule is C[C@@H](NC(=O)CCCn1cccc1)c1cccc(S(N)(=O)=O)c1. The van der Waals surface area contributed by atoms with Gasteiger partial charge in [0.25, 0.3) is 0 Å². The number of hydrogen-bond acceptors (Lipinski definition) is 3. The Labute approximate surface area is 136 Å². The average Bonchev–Trinajstić information content (AvgIpc) is 2.99. The van der Waals surface area contributed by atoms with Crippen LogP contribution in [-0.2, 0) is 21.4 Å². The first-order valence-electron chi connectivity index (χ1n) is 7.39. The summed E-state index contributed by atoms with van der Waals surface area (Å²) in [5.41, 5.74) is 0.704. The minimum absolute atomic E-state index is 0.0451. The lowest BCUT2D eigenvalue weighted by molar-refractivity contribution is -0.121. The molecule has 0 aliphatic heterocycles. The molecule has 0 fully saturated rings. The van der Waals surface area contributed by atoms with E-state index in [1.54, 1.807) is 12.1 Å². The van der Waals surface area contributed by atoms with Gasteiger partial charge in [-0.05, 0) is 43.2 Å². The van der Waals surface area contributed by atoms with E-state index in [-0.39, 0.29) is 16.8 Å². The van der Waals surface area contributed by atoms with Crippen LogP contribution in [0.2, 0.25) is 0 Å². The molecular formula is C16H21N3O3S. The Morgan fingerprint density at radius 2 is 1.96 bits per heavy atom. The summed E-state index contributed by atoms with van der Waals surface area (Å²) in [5.74, 6) is -0.0642. The molecule has 0 saturated carbocycles. The maximum Gasteiger partial charge on any atom is 0.238 e. The van der Waals surface area contributed by atoms with Crippen molar-refractivity contribution in [3.8, 4) is 0 Å². The molecule has 2 rings (SSSR count). The number of amides is 1. The number of primary sulfonamides is 1. The summed E-state index contributed by atoms with van der Waals surface area (Å²) < 4.78 is 24.8. The second kappa shape index (κ2) is 7.43. The van der Waals surface area contributed by atoms with Crippen molar-refractivity contribution in [1.82, 2.24) is 9.88 Å². The molecule has 1 aromatic heterocycles. The van der Waals surface area contributed by atoms with E-state index in [4.69, 9.17) is 5.14 Å². The van der Waals surface area contributed by atoms with Crippen molar-refractivity contribution in [2.75, 3.05) is 0 Å². The number of rotatable bonds is 7. The summed E-state index contributed by atoms with van der Waals surface area (Å²) in [5, 5.41) is 7.99. The number of nitrogens with one attached hydrogen (secondary N) is 1. The van der Waals surface area contributed by atoms with Crippen molar-refractivity contribution in [2.45, 2.75) is 37.2 Å². The summed E-state index contributed by atoms with van der Waals surface area (Å²) >= 11 is 0. The Morgan fingerprint density at radius 3 is 2.61 bits per heavy atom. The minimum Gasteiger partial charge on any atom is -0.354 e. The molecular weight excluding hydrogens is 314 g/mol. The van der Waals surface area contributed by atoms with Gasteiger partial charge in [0, 0.05) is 25.4 Å². The summed E-state index contributed by atoms with van der Waals surface area (Å²) in [6.07, 6.45) is 5.07. The van der Waals surface area contributed by atoms with Crippen molar-refractivity contribution in [3.63, 3.8) is 0 Å². The summed E-state index contributed by atoms with van der Waals surface area (Å²) in [6.45, 7) is 2.60. The fourth-order valence-corrected chi connectivity index (χ4v) is 2.87. The fraction of sp³-hybridized carbons (Fsp3) is 0.312. The molecule has 6 nitrogen and oxygen atoms in total. The molecule has 0 aliphatic rings. The van der Waals surface area contributed by atoms with Gasteiger partial charge in [0.1, 0.15) is 0 Å². The van der Waals surface area contributed by atoms with Gasteiger partial charge in [-0.1, -0.05) is 12.1 Å². The zero-order valence-electron chi connectivity index (χ0n) is 13.0. The number of carbonyl (C=O) groups is 1. The van der Waals surface area contributed by atoms with Crippen molar-refractivity contribution in [1.29, 1.82) is 0 Å². The first-order chi connectivity index (χ1) is 10.9. The van der Waals surface area contributed by atoms with Crippen LogP contribution in [-0.4, -0.2) is 18.9 Å². The van der Waals surface area contributed by atoms with Crippen LogP contribution in [0.3, 0.4) is 0 Å². The fourth-order valence-electron chi connectivity index (χ4n) is 2.30. The molecule has 0 unspecified atom stereocenters. The lowest BCUT2D eigenvalue weighted by Crippen LogP contribution is -2.26. The number of aromatic nitrogens is 1. The van der Waals surface area contributed by atoms with Crippen molar-refractivity contribution in [2.24, 2.45) is 5.14 Å². The van der Waals surface area contributed by atoms with Gasteiger partial charge < -0.3 is 9.88 Å². The third-order valence-corrected chi connectivity index (χ3v) is 4.46. The maximum atomic E-state index is 12.0. The van der Waals surface area contributed by atoms with Gasteiger partial charge in [0.2, 0.25) is 15.9 Å². The van der Waals surface area contributed by atoms with Crippen molar-refractivity contribution >= 4 is 15.9 Å². The highest BCUT2D eigenvalue weighted by molar-refractivity contribution is 7.89. The Bertz CT molecular complexity index is 755. The molecule has 1 heterocycles. The van der Waals surface area contributed by atoms with Crippen LogP contribution in [0.25, 0.3) is 0 Å². The molecule has 124 valence electrons. The Kier molecular flexibility index (Phi) is 5.57. The molecule has 1 aromatic carbocycles. The normalized spacial score (nSPS) is 12.8. The standard InChI is InChI=1S/C16H21N3O3S/c1-13(14-6-4-7-15(12-14)23(17,21)22)18-16(20)8-5-11-19-9-2-3-10-19/h2-4,6-7,9-10,12-13H,5,8,11H2,1H3,(H,18,20)(H2,17,21,22)/t13-/m1/s1. The minimum atomic E-state index is -3.74. The van der Waals surface area contributed by atoms with E-state index in [1.807, 2.05) is 36.0 Å². The highest BCUT2D eigenvalue weighted by Gasteiger charge is 2.13. The highest BCUT2D eigenvalue weighted by Crippen LogP contribution is 2.16. The first-order valence-corrected chi connectivity index (χ1v) is 8.94. The lowest BCUT2D eigenvalue weighted by atomic mass is 10.1. The molecule has 1 atom stereocenters. The Balaban J connectivity index is 1.88.